The fourth-order valence-electron chi connectivity index (χ4n) is 1.66. The van der Waals surface area contributed by atoms with Crippen molar-refractivity contribution < 1.29 is 14.7 Å². The highest BCUT2D eigenvalue weighted by molar-refractivity contribution is 5.85. The minimum Gasteiger partial charge on any atom is -0.478 e. The molecule has 0 aliphatic carbocycles. The summed E-state index contributed by atoms with van der Waals surface area (Å²) in [6.45, 7) is 9.32. The third-order valence-electron chi connectivity index (χ3n) is 3.08. The van der Waals surface area contributed by atoms with Crippen LogP contribution in [0.4, 0.5) is 4.79 Å². The number of likely N-dealkylation sites (N-methyl/N-ethyl adjacent to an activating group) is 1. The Balaban J connectivity index is 4.24. The molecule has 0 aromatic carbocycles. The van der Waals surface area contributed by atoms with Gasteiger partial charge in [0.25, 0.3) is 0 Å². The monoisotopic (exact) mass is 271 g/mol. The number of rotatable bonds is 9. The fraction of sp³-hybridized carbons (Fsp3) is 0.692. The number of nitrogens with two attached hydrogens (primary N) is 1. The van der Waals surface area contributed by atoms with Gasteiger partial charge in [0.2, 0.25) is 0 Å². The smallest absolute Gasteiger partial charge is 0.330 e. The van der Waals surface area contributed by atoms with Gasteiger partial charge in [0, 0.05) is 25.2 Å². The van der Waals surface area contributed by atoms with Crippen molar-refractivity contribution in [1.29, 1.82) is 0 Å². The lowest BCUT2D eigenvalue weighted by atomic mass is 10.2. The molecule has 6 nitrogen and oxygen atoms in total. The SMILES string of the molecule is CCN(CC)CCN(CCC=C(C)C(=O)O)C(N)=O. The van der Waals surface area contributed by atoms with E-state index in [1.807, 2.05) is 0 Å². The van der Waals surface area contributed by atoms with Crippen LogP contribution in [0.15, 0.2) is 11.6 Å². The minimum absolute atomic E-state index is 0.285. The van der Waals surface area contributed by atoms with Crippen molar-refractivity contribution in [2.45, 2.75) is 27.2 Å². The van der Waals surface area contributed by atoms with E-state index in [-0.39, 0.29) is 5.57 Å². The maximum Gasteiger partial charge on any atom is 0.330 e. The van der Waals surface area contributed by atoms with Crippen LogP contribution < -0.4 is 5.73 Å². The standard InChI is InChI=1S/C13H25N3O3/c1-4-15(5-2)9-10-16(13(14)19)8-6-7-11(3)12(17)18/h7H,4-6,8-10H2,1-3H3,(H2,14,19)(H,17,18). The Kier molecular flexibility index (Phi) is 8.61. The number of nitrogens with zero attached hydrogens (tertiary/aromatic N) is 2. The number of carboxylic acids is 1. The van der Waals surface area contributed by atoms with Crippen LogP contribution in [0.2, 0.25) is 0 Å². The van der Waals surface area contributed by atoms with E-state index in [2.05, 4.69) is 18.7 Å². The highest BCUT2D eigenvalue weighted by Crippen LogP contribution is 1.99. The van der Waals surface area contributed by atoms with Gasteiger partial charge in [-0.05, 0) is 26.4 Å². The van der Waals surface area contributed by atoms with E-state index in [1.165, 1.54) is 6.92 Å². The first-order valence-electron chi connectivity index (χ1n) is 6.59. The van der Waals surface area contributed by atoms with Crippen molar-refractivity contribution in [3.8, 4) is 0 Å². The number of carbonyl (C=O) groups excluding carboxylic acids is 1. The molecule has 0 saturated heterocycles. The summed E-state index contributed by atoms with van der Waals surface area (Å²) >= 11 is 0. The zero-order valence-electron chi connectivity index (χ0n) is 12.1. The van der Waals surface area contributed by atoms with E-state index in [4.69, 9.17) is 10.8 Å². The molecule has 0 aromatic rings. The first-order valence-corrected chi connectivity index (χ1v) is 6.59. The van der Waals surface area contributed by atoms with Gasteiger partial charge in [-0.2, -0.15) is 0 Å². The van der Waals surface area contributed by atoms with Gasteiger partial charge in [-0.15, -0.1) is 0 Å². The molecule has 0 rings (SSSR count). The molecule has 0 fully saturated rings. The largest absolute Gasteiger partial charge is 0.478 e. The van der Waals surface area contributed by atoms with Gasteiger partial charge in [-0.1, -0.05) is 19.9 Å². The van der Waals surface area contributed by atoms with Gasteiger partial charge in [-0.3, -0.25) is 0 Å². The third-order valence-corrected chi connectivity index (χ3v) is 3.08. The first-order chi connectivity index (χ1) is 8.92. The molecular weight excluding hydrogens is 246 g/mol. The molecule has 0 aliphatic heterocycles. The second kappa shape index (κ2) is 9.38. The molecule has 3 N–H and O–H groups in total. The summed E-state index contributed by atoms with van der Waals surface area (Å²) in [7, 11) is 0. The van der Waals surface area contributed by atoms with Gasteiger partial charge < -0.3 is 20.6 Å². The number of carbonyl (C=O) groups is 2. The molecule has 0 unspecified atom stereocenters. The van der Waals surface area contributed by atoms with Gasteiger partial charge in [0.05, 0.1) is 0 Å². The minimum atomic E-state index is -0.936. The number of primary amides is 1. The Labute approximate surface area is 114 Å². The average molecular weight is 271 g/mol. The summed E-state index contributed by atoms with van der Waals surface area (Å²) in [6, 6.07) is -0.464. The molecule has 0 atom stereocenters. The summed E-state index contributed by atoms with van der Waals surface area (Å²) < 4.78 is 0. The van der Waals surface area contributed by atoms with E-state index < -0.39 is 12.0 Å². The highest BCUT2D eigenvalue weighted by Gasteiger charge is 2.10. The number of hydrogen-bond acceptors (Lipinski definition) is 3. The van der Waals surface area contributed by atoms with Gasteiger partial charge >= 0.3 is 12.0 Å². The van der Waals surface area contributed by atoms with Crippen LogP contribution in [-0.4, -0.2) is 59.6 Å². The molecule has 0 heterocycles. The Morgan fingerprint density at radius 2 is 1.74 bits per heavy atom. The summed E-state index contributed by atoms with van der Waals surface area (Å²) in [6.07, 6.45) is 2.11. The number of aliphatic carboxylic acids is 1. The molecule has 0 bridgehead atoms. The Morgan fingerprint density at radius 3 is 2.16 bits per heavy atom. The van der Waals surface area contributed by atoms with Crippen LogP contribution in [0.5, 0.6) is 0 Å². The van der Waals surface area contributed by atoms with Crippen molar-refractivity contribution in [1.82, 2.24) is 9.80 Å². The summed E-state index contributed by atoms with van der Waals surface area (Å²) in [4.78, 5) is 25.7. The van der Waals surface area contributed by atoms with Gasteiger partial charge in [-0.25, -0.2) is 9.59 Å². The van der Waals surface area contributed by atoms with E-state index in [9.17, 15) is 9.59 Å². The molecule has 0 aromatic heterocycles. The maximum atomic E-state index is 11.3. The van der Waals surface area contributed by atoms with Crippen LogP contribution in [0.25, 0.3) is 0 Å². The molecule has 0 aliphatic rings. The summed E-state index contributed by atoms with van der Waals surface area (Å²) in [5.41, 5.74) is 5.60. The Bertz CT molecular complexity index is 325. The molecule has 19 heavy (non-hydrogen) atoms. The van der Waals surface area contributed by atoms with E-state index in [0.717, 1.165) is 19.6 Å². The van der Waals surface area contributed by atoms with Crippen molar-refractivity contribution in [3.63, 3.8) is 0 Å². The molecule has 2 amide bonds. The maximum absolute atomic E-state index is 11.3. The van der Waals surface area contributed by atoms with Crippen LogP contribution in [0.1, 0.15) is 27.2 Å². The van der Waals surface area contributed by atoms with Crippen molar-refractivity contribution >= 4 is 12.0 Å². The lowest BCUT2D eigenvalue weighted by Gasteiger charge is -2.24. The Hall–Kier alpha value is -1.56. The van der Waals surface area contributed by atoms with E-state index >= 15 is 0 Å². The summed E-state index contributed by atoms with van der Waals surface area (Å²) in [5.74, 6) is -0.936. The number of carboxylic acid groups (broad SMARTS) is 1. The predicted octanol–water partition coefficient (Wildman–Crippen LogP) is 1.13. The van der Waals surface area contributed by atoms with Crippen molar-refractivity contribution in [3.05, 3.63) is 11.6 Å². The predicted molar refractivity (Wildman–Crippen MR) is 75.0 cm³/mol. The quantitative estimate of drug-likeness (QED) is 0.615. The zero-order chi connectivity index (χ0) is 14.8. The first kappa shape index (κ1) is 17.4. The fourth-order valence-corrected chi connectivity index (χ4v) is 1.66. The molecule has 110 valence electrons. The molecule has 6 heteroatoms. The molecule has 0 saturated carbocycles. The summed E-state index contributed by atoms with van der Waals surface area (Å²) in [5, 5.41) is 8.72. The second-order valence-electron chi connectivity index (χ2n) is 4.33. The lowest BCUT2D eigenvalue weighted by Crippen LogP contribution is -2.41. The number of hydrogen-bond donors (Lipinski definition) is 2. The van der Waals surface area contributed by atoms with Crippen molar-refractivity contribution in [2.24, 2.45) is 5.73 Å². The Morgan fingerprint density at radius 1 is 1.16 bits per heavy atom. The molecular formula is C13H25N3O3. The molecule has 0 spiro atoms. The van der Waals surface area contributed by atoms with Gasteiger partial charge in [0.1, 0.15) is 0 Å². The van der Waals surface area contributed by atoms with Crippen LogP contribution in [0.3, 0.4) is 0 Å². The van der Waals surface area contributed by atoms with Crippen LogP contribution in [-0.2, 0) is 4.79 Å². The third kappa shape index (κ3) is 7.46. The topological polar surface area (TPSA) is 86.9 Å². The molecule has 0 radical (unpaired) electrons. The number of urea groups is 1. The van der Waals surface area contributed by atoms with Crippen LogP contribution in [0, 0.1) is 0 Å². The second-order valence-corrected chi connectivity index (χ2v) is 4.33. The van der Waals surface area contributed by atoms with E-state index in [0.29, 0.717) is 19.5 Å². The number of amides is 2. The zero-order valence-corrected chi connectivity index (χ0v) is 12.1. The van der Waals surface area contributed by atoms with E-state index in [1.54, 1.807) is 11.0 Å². The average Bonchev–Trinajstić information content (AvgIpc) is 2.36. The van der Waals surface area contributed by atoms with Crippen molar-refractivity contribution in [2.75, 3.05) is 32.7 Å². The van der Waals surface area contributed by atoms with Gasteiger partial charge in [0.15, 0.2) is 0 Å². The lowest BCUT2D eigenvalue weighted by molar-refractivity contribution is -0.132. The normalized spacial score (nSPS) is 11.7. The highest BCUT2D eigenvalue weighted by atomic mass is 16.4. The van der Waals surface area contributed by atoms with Crippen LogP contribution >= 0.6 is 0 Å².